The number of aliphatic hydroxyl groups excluding tert-OH is 1. The maximum absolute atomic E-state index is 12.1. The highest BCUT2D eigenvalue weighted by Crippen LogP contribution is 2.31. The zero-order valence-electron chi connectivity index (χ0n) is 15.5. The SMILES string of the molecule is CC(=O)N1CCC(C(O)C2CCN(C(=O)OC(C)(C)C)CC2)CC1. The van der Waals surface area contributed by atoms with Crippen LogP contribution in [-0.2, 0) is 9.53 Å². The molecule has 0 radical (unpaired) electrons. The number of piperidine rings is 2. The minimum Gasteiger partial charge on any atom is -0.444 e. The fourth-order valence-corrected chi connectivity index (χ4v) is 3.69. The Bertz CT molecular complexity index is 444. The molecule has 2 aliphatic rings. The molecule has 0 aromatic rings. The van der Waals surface area contributed by atoms with Gasteiger partial charge in [-0.3, -0.25) is 4.79 Å². The van der Waals surface area contributed by atoms with Crippen molar-refractivity contribution in [2.75, 3.05) is 26.2 Å². The van der Waals surface area contributed by atoms with E-state index in [2.05, 4.69) is 0 Å². The highest BCUT2D eigenvalue weighted by atomic mass is 16.6. The molecule has 0 spiro atoms. The van der Waals surface area contributed by atoms with Crippen molar-refractivity contribution in [3.05, 3.63) is 0 Å². The van der Waals surface area contributed by atoms with Crippen molar-refractivity contribution in [3.8, 4) is 0 Å². The fourth-order valence-electron chi connectivity index (χ4n) is 3.69. The van der Waals surface area contributed by atoms with Crippen LogP contribution in [0.4, 0.5) is 4.79 Å². The van der Waals surface area contributed by atoms with Gasteiger partial charge in [0.1, 0.15) is 5.60 Å². The summed E-state index contributed by atoms with van der Waals surface area (Å²) in [5.41, 5.74) is -0.474. The first-order valence-electron chi connectivity index (χ1n) is 9.09. The van der Waals surface area contributed by atoms with E-state index in [1.165, 1.54) is 0 Å². The molecule has 2 saturated heterocycles. The lowest BCUT2D eigenvalue weighted by Gasteiger charge is -2.40. The first kappa shape index (κ1) is 19.0. The smallest absolute Gasteiger partial charge is 0.410 e. The molecule has 2 aliphatic heterocycles. The number of hydrogen-bond acceptors (Lipinski definition) is 4. The van der Waals surface area contributed by atoms with E-state index in [4.69, 9.17) is 4.74 Å². The molecule has 2 fully saturated rings. The summed E-state index contributed by atoms with van der Waals surface area (Å²) < 4.78 is 5.41. The van der Waals surface area contributed by atoms with Crippen LogP contribution in [-0.4, -0.2) is 64.8 Å². The molecule has 1 atom stereocenters. The van der Waals surface area contributed by atoms with Gasteiger partial charge in [-0.1, -0.05) is 0 Å². The molecule has 0 bridgehead atoms. The number of carbonyl (C=O) groups is 2. The number of aliphatic hydroxyl groups is 1. The van der Waals surface area contributed by atoms with E-state index in [0.717, 1.165) is 38.8 Å². The average molecular weight is 340 g/mol. The molecule has 0 saturated carbocycles. The minimum absolute atomic E-state index is 0.119. The highest BCUT2D eigenvalue weighted by molar-refractivity contribution is 5.73. The van der Waals surface area contributed by atoms with Crippen LogP contribution in [0.15, 0.2) is 0 Å². The van der Waals surface area contributed by atoms with Crippen molar-refractivity contribution in [2.45, 2.75) is 65.1 Å². The normalized spacial score (nSPS) is 22.4. The fraction of sp³-hybridized carbons (Fsp3) is 0.889. The van der Waals surface area contributed by atoms with Crippen molar-refractivity contribution in [3.63, 3.8) is 0 Å². The van der Waals surface area contributed by atoms with Gasteiger partial charge in [-0.25, -0.2) is 4.79 Å². The molecule has 1 N–H and O–H groups in total. The summed E-state index contributed by atoms with van der Waals surface area (Å²) in [6, 6.07) is 0. The molecular formula is C18H32N2O4. The highest BCUT2D eigenvalue weighted by Gasteiger charge is 2.35. The second-order valence-electron chi connectivity index (χ2n) is 8.14. The van der Waals surface area contributed by atoms with E-state index >= 15 is 0 Å². The third kappa shape index (κ3) is 5.10. The lowest BCUT2D eigenvalue weighted by molar-refractivity contribution is -0.131. The van der Waals surface area contributed by atoms with Crippen LogP contribution >= 0.6 is 0 Å². The number of rotatable bonds is 2. The van der Waals surface area contributed by atoms with Crippen molar-refractivity contribution in [1.29, 1.82) is 0 Å². The van der Waals surface area contributed by atoms with Gasteiger partial charge in [-0.05, 0) is 58.3 Å². The lowest BCUT2D eigenvalue weighted by Crippen LogP contribution is -2.46. The second kappa shape index (κ2) is 7.72. The van der Waals surface area contributed by atoms with Crippen molar-refractivity contribution in [2.24, 2.45) is 11.8 Å². The van der Waals surface area contributed by atoms with Crippen molar-refractivity contribution < 1.29 is 19.4 Å². The van der Waals surface area contributed by atoms with E-state index in [-0.39, 0.29) is 29.9 Å². The summed E-state index contributed by atoms with van der Waals surface area (Å²) in [6.07, 6.45) is 2.77. The molecule has 2 rings (SSSR count). The summed E-state index contributed by atoms with van der Waals surface area (Å²) in [4.78, 5) is 27.1. The Kier molecular flexibility index (Phi) is 6.12. The molecule has 1 unspecified atom stereocenters. The van der Waals surface area contributed by atoms with Gasteiger partial charge in [0.25, 0.3) is 0 Å². The minimum atomic E-state index is -0.474. The standard InChI is InChI=1S/C18H32N2O4/c1-13(21)19-9-5-14(6-10-19)16(22)15-7-11-20(12-8-15)17(23)24-18(2,3)4/h14-16,22H,5-12H2,1-4H3. The van der Waals surface area contributed by atoms with E-state index < -0.39 is 5.60 Å². The quantitative estimate of drug-likeness (QED) is 0.837. The zero-order chi connectivity index (χ0) is 17.9. The Labute approximate surface area is 145 Å². The number of carbonyl (C=O) groups excluding carboxylic acids is 2. The van der Waals surface area contributed by atoms with Crippen LogP contribution in [0.5, 0.6) is 0 Å². The maximum Gasteiger partial charge on any atom is 0.410 e. The van der Waals surface area contributed by atoms with Gasteiger partial charge >= 0.3 is 6.09 Å². The molecule has 2 amide bonds. The number of amides is 2. The zero-order valence-corrected chi connectivity index (χ0v) is 15.5. The summed E-state index contributed by atoms with van der Waals surface area (Å²) >= 11 is 0. The van der Waals surface area contributed by atoms with Gasteiger partial charge in [-0.2, -0.15) is 0 Å². The Hall–Kier alpha value is -1.30. The molecule has 0 aliphatic carbocycles. The molecule has 0 aromatic heterocycles. The van der Waals surface area contributed by atoms with Gasteiger partial charge < -0.3 is 19.6 Å². The third-order valence-electron chi connectivity index (χ3n) is 5.14. The Morgan fingerprint density at radius 2 is 1.38 bits per heavy atom. The maximum atomic E-state index is 12.1. The number of nitrogens with zero attached hydrogens (tertiary/aromatic N) is 2. The molecule has 6 nitrogen and oxygen atoms in total. The Morgan fingerprint density at radius 3 is 1.75 bits per heavy atom. The van der Waals surface area contributed by atoms with Crippen LogP contribution in [0.3, 0.4) is 0 Å². The molecule has 6 heteroatoms. The summed E-state index contributed by atoms with van der Waals surface area (Å²) in [5.74, 6) is 0.616. The molecule has 0 aromatic carbocycles. The van der Waals surface area contributed by atoms with E-state index in [0.29, 0.717) is 13.1 Å². The van der Waals surface area contributed by atoms with E-state index in [9.17, 15) is 14.7 Å². The largest absolute Gasteiger partial charge is 0.444 e. The predicted octanol–water partition coefficient (Wildman–Crippen LogP) is 2.25. The van der Waals surface area contributed by atoms with Gasteiger partial charge in [0.15, 0.2) is 0 Å². The molecule has 2 heterocycles. The number of likely N-dealkylation sites (tertiary alicyclic amines) is 2. The van der Waals surface area contributed by atoms with Crippen molar-refractivity contribution in [1.82, 2.24) is 9.80 Å². The Balaban J connectivity index is 1.78. The topological polar surface area (TPSA) is 70.1 Å². The third-order valence-corrected chi connectivity index (χ3v) is 5.14. The van der Waals surface area contributed by atoms with Crippen LogP contribution in [0.1, 0.15) is 53.4 Å². The lowest BCUT2D eigenvalue weighted by atomic mass is 9.80. The summed E-state index contributed by atoms with van der Waals surface area (Å²) in [5, 5.41) is 10.7. The molecular weight excluding hydrogens is 308 g/mol. The van der Waals surface area contributed by atoms with E-state index in [1.54, 1.807) is 11.8 Å². The van der Waals surface area contributed by atoms with Crippen LogP contribution in [0.2, 0.25) is 0 Å². The predicted molar refractivity (Wildman–Crippen MR) is 91.5 cm³/mol. The van der Waals surface area contributed by atoms with Gasteiger partial charge in [0.2, 0.25) is 5.91 Å². The number of hydrogen-bond donors (Lipinski definition) is 1. The van der Waals surface area contributed by atoms with Crippen LogP contribution < -0.4 is 0 Å². The monoisotopic (exact) mass is 340 g/mol. The molecule has 24 heavy (non-hydrogen) atoms. The van der Waals surface area contributed by atoms with Gasteiger partial charge in [0, 0.05) is 33.1 Å². The first-order valence-corrected chi connectivity index (χ1v) is 9.09. The molecule has 138 valence electrons. The van der Waals surface area contributed by atoms with Gasteiger partial charge in [-0.15, -0.1) is 0 Å². The Morgan fingerprint density at radius 1 is 0.958 bits per heavy atom. The summed E-state index contributed by atoms with van der Waals surface area (Å²) in [6.45, 7) is 9.98. The summed E-state index contributed by atoms with van der Waals surface area (Å²) in [7, 11) is 0. The van der Waals surface area contributed by atoms with Crippen molar-refractivity contribution >= 4 is 12.0 Å². The second-order valence-corrected chi connectivity index (χ2v) is 8.14. The van der Waals surface area contributed by atoms with Crippen LogP contribution in [0.25, 0.3) is 0 Å². The number of ether oxygens (including phenoxy) is 1. The van der Waals surface area contributed by atoms with Gasteiger partial charge in [0.05, 0.1) is 6.10 Å². The van der Waals surface area contributed by atoms with E-state index in [1.807, 2.05) is 25.7 Å². The first-order chi connectivity index (χ1) is 11.2. The van der Waals surface area contributed by atoms with Crippen LogP contribution in [0, 0.1) is 11.8 Å². The average Bonchev–Trinajstić information content (AvgIpc) is 2.53.